The zero-order valence-corrected chi connectivity index (χ0v) is 23.1. The summed E-state index contributed by atoms with van der Waals surface area (Å²) in [5.41, 5.74) is -1.97. The zero-order valence-electron chi connectivity index (χ0n) is 21.5. The first-order valence-electron chi connectivity index (χ1n) is 11.9. The van der Waals surface area contributed by atoms with Crippen LogP contribution in [0, 0.1) is 17.0 Å². The normalized spacial score (nSPS) is 14.7. The van der Waals surface area contributed by atoms with E-state index in [-0.39, 0.29) is 39.4 Å². The van der Waals surface area contributed by atoms with Gasteiger partial charge in [0.05, 0.1) is 27.8 Å². The first kappa shape index (κ1) is 30.3. The summed E-state index contributed by atoms with van der Waals surface area (Å²) in [6.45, 7) is 3.22. The van der Waals surface area contributed by atoms with E-state index in [0.29, 0.717) is 17.7 Å². The fourth-order valence-electron chi connectivity index (χ4n) is 3.95. The SMILES string of the molecule is CCOc1cc(/C=C2\C(=O)NC(=O)N(c3cccc(Cl)c3C)C2=O)cc(Cl)c1Oc1ccc(C(F)(F)F)cc1[N+](=O)[O-]. The van der Waals surface area contributed by atoms with Crippen molar-refractivity contribution in [1.29, 1.82) is 0 Å². The molecule has 0 radical (unpaired) electrons. The van der Waals surface area contributed by atoms with Crippen molar-refractivity contribution < 1.29 is 42.0 Å². The molecule has 15 heteroatoms. The molecule has 0 aliphatic carbocycles. The predicted molar refractivity (Wildman–Crippen MR) is 146 cm³/mol. The molecule has 1 saturated heterocycles. The number of hydrogen-bond donors (Lipinski definition) is 1. The highest BCUT2D eigenvalue weighted by Gasteiger charge is 2.38. The number of nitro groups is 1. The molecule has 1 aliphatic heterocycles. The van der Waals surface area contributed by atoms with E-state index in [1.54, 1.807) is 19.9 Å². The van der Waals surface area contributed by atoms with E-state index in [1.165, 1.54) is 24.3 Å². The molecule has 0 atom stereocenters. The van der Waals surface area contributed by atoms with E-state index >= 15 is 0 Å². The van der Waals surface area contributed by atoms with E-state index in [0.717, 1.165) is 17.0 Å². The molecule has 42 heavy (non-hydrogen) atoms. The average Bonchev–Trinajstić information content (AvgIpc) is 2.90. The van der Waals surface area contributed by atoms with Gasteiger partial charge in [-0.3, -0.25) is 25.0 Å². The third-order valence-corrected chi connectivity index (χ3v) is 6.61. The van der Waals surface area contributed by atoms with Crippen LogP contribution in [-0.4, -0.2) is 29.4 Å². The third-order valence-electron chi connectivity index (χ3n) is 5.92. The molecule has 3 aromatic carbocycles. The number of amides is 4. The number of imide groups is 2. The minimum absolute atomic E-state index is 0.0392. The highest BCUT2D eigenvalue weighted by Crippen LogP contribution is 2.44. The minimum Gasteiger partial charge on any atom is -0.490 e. The Balaban J connectivity index is 1.76. The number of hydrogen-bond acceptors (Lipinski definition) is 7. The molecule has 1 aliphatic rings. The summed E-state index contributed by atoms with van der Waals surface area (Å²) in [4.78, 5) is 49.7. The van der Waals surface area contributed by atoms with Crippen molar-refractivity contribution in [2.45, 2.75) is 20.0 Å². The number of alkyl halides is 3. The summed E-state index contributed by atoms with van der Waals surface area (Å²) in [6.07, 6.45) is -3.70. The van der Waals surface area contributed by atoms with E-state index < -0.39 is 51.5 Å². The summed E-state index contributed by atoms with van der Waals surface area (Å²) >= 11 is 12.5. The maximum absolute atomic E-state index is 13.3. The summed E-state index contributed by atoms with van der Waals surface area (Å²) in [5.74, 6) is -2.86. The van der Waals surface area contributed by atoms with Crippen LogP contribution in [0.1, 0.15) is 23.6 Å². The molecule has 10 nitrogen and oxygen atoms in total. The van der Waals surface area contributed by atoms with E-state index in [4.69, 9.17) is 32.7 Å². The van der Waals surface area contributed by atoms with Crippen molar-refractivity contribution >= 4 is 58.5 Å². The van der Waals surface area contributed by atoms with Gasteiger partial charge >= 0.3 is 17.9 Å². The molecule has 0 bridgehead atoms. The molecule has 4 rings (SSSR count). The summed E-state index contributed by atoms with van der Waals surface area (Å²) in [5, 5.41) is 13.7. The van der Waals surface area contributed by atoms with E-state index in [9.17, 15) is 37.7 Å². The second-order valence-electron chi connectivity index (χ2n) is 8.64. The quantitative estimate of drug-likeness (QED) is 0.129. The Hall–Kier alpha value is -4.62. The molecule has 0 saturated carbocycles. The van der Waals surface area contributed by atoms with Crippen molar-refractivity contribution in [2.75, 3.05) is 11.5 Å². The minimum atomic E-state index is -4.83. The molecule has 0 spiro atoms. The van der Waals surface area contributed by atoms with Crippen LogP contribution in [0.15, 0.2) is 54.1 Å². The van der Waals surface area contributed by atoms with Gasteiger partial charge in [-0.05, 0) is 67.4 Å². The van der Waals surface area contributed by atoms with E-state index in [1.807, 2.05) is 0 Å². The molecule has 1 heterocycles. The number of benzene rings is 3. The summed E-state index contributed by atoms with van der Waals surface area (Å²) < 4.78 is 50.4. The van der Waals surface area contributed by atoms with Crippen LogP contribution < -0.4 is 19.7 Å². The van der Waals surface area contributed by atoms with Crippen LogP contribution in [0.4, 0.5) is 29.3 Å². The van der Waals surface area contributed by atoms with Gasteiger partial charge in [0, 0.05) is 11.1 Å². The van der Waals surface area contributed by atoms with Gasteiger partial charge in [-0.25, -0.2) is 9.69 Å². The van der Waals surface area contributed by atoms with Crippen molar-refractivity contribution in [1.82, 2.24) is 5.32 Å². The van der Waals surface area contributed by atoms with Crippen LogP contribution >= 0.6 is 23.2 Å². The van der Waals surface area contributed by atoms with Crippen LogP contribution in [0.3, 0.4) is 0 Å². The Morgan fingerprint density at radius 1 is 1.05 bits per heavy atom. The lowest BCUT2D eigenvalue weighted by Gasteiger charge is -2.27. The standard InChI is InChI=1S/C27H18Cl2F3N3O7/c1-3-41-22-11-14(9-16-24(36)33-26(38)34(25(16)37)19-6-4-5-17(28)13(19)2)10-18(29)23(22)42-21-8-7-15(27(30,31)32)12-20(21)35(39)40/h4-12H,3H2,1-2H3,(H,33,36,38)/b16-9+. The Morgan fingerprint density at radius 3 is 2.40 bits per heavy atom. The van der Waals surface area contributed by atoms with Crippen molar-refractivity contribution in [3.63, 3.8) is 0 Å². The highest BCUT2D eigenvalue weighted by molar-refractivity contribution is 6.40. The van der Waals surface area contributed by atoms with Gasteiger partial charge in [-0.15, -0.1) is 0 Å². The Morgan fingerprint density at radius 2 is 1.76 bits per heavy atom. The number of nitrogens with zero attached hydrogens (tertiary/aromatic N) is 2. The average molecular weight is 624 g/mol. The fourth-order valence-corrected chi connectivity index (χ4v) is 4.37. The van der Waals surface area contributed by atoms with Crippen LogP contribution in [0.25, 0.3) is 6.08 Å². The molecule has 0 unspecified atom stereocenters. The lowest BCUT2D eigenvalue weighted by Crippen LogP contribution is -2.54. The van der Waals surface area contributed by atoms with Gasteiger partial charge in [0.1, 0.15) is 5.57 Å². The maximum Gasteiger partial charge on any atom is 0.416 e. The molecule has 0 aromatic heterocycles. The van der Waals surface area contributed by atoms with Crippen molar-refractivity contribution in [3.8, 4) is 17.2 Å². The van der Waals surface area contributed by atoms with Gasteiger partial charge in [-0.1, -0.05) is 29.3 Å². The number of anilines is 1. The molecule has 4 amide bonds. The van der Waals surface area contributed by atoms with Crippen molar-refractivity contribution in [3.05, 3.63) is 91.0 Å². The molecule has 3 aromatic rings. The number of barbiturate groups is 1. The third kappa shape index (κ3) is 6.02. The Kier molecular flexibility index (Phi) is 8.45. The number of ether oxygens (including phenoxy) is 2. The van der Waals surface area contributed by atoms with Gasteiger partial charge in [0.25, 0.3) is 11.8 Å². The first-order valence-corrected chi connectivity index (χ1v) is 12.6. The Bertz CT molecular complexity index is 1680. The first-order chi connectivity index (χ1) is 19.7. The number of rotatable bonds is 7. The second kappa shape index (κ2) is 11.7. The summed E-state index contributed by atoms with van der Waals surface area (Å²) in [7, 11) is 0. The number of nitrogens with one attached hydrogen (secondary N) is 1. The largest absolute Gasteiger partial charge is 0.490 e. The summed E-state index contributed by atoms with van der Waals surface area (Å²) in [6, 6.07) is 7.81. The zero-order chi connectivity index (χ0) is 30.9. The maximum atomic E-state index is 13.3. The highest BCUT2D eigenvalue weighted by atomic mass is 35.5. The Labute approximate surface area is 245 Å². The van der Waals surface area contributed by atoms with Crippen LogP contribution in [-0.2, 0) is 15.8 Å². The lowest BCUT2D eigenvalue weighted by atomic mass is 10.1. The van der Waals surface area contributed by atoms with Crippen LogP contribution in [0.2, 0.25) is 10.0 Å². The number of urea groups is 1. The van der Waals surface area contributed by atoms with E-state index in [2.05, 4.69) is 5.32 Å². The number of carbonyl (C=O) groups is 3. The predicted octanol–water partition coefficient (Wildman–Crippen LogP) is 7.09. The van der Waals surface area contributed by atoms with Gasteiger partial charge < -0.3 is 9.47 Å². The topological polar surface area (TPSA) is 128 Å². The monoisotopic (exact) mass is 623 g/mol. The van der Waals surface area contributed by atoms with Crippen molar-refractivity contribution in [2.24, 2.45) is 0 Å². The number of carbonyl (C=O) groups excluding carboxylic acids is 3. The smallest absolute Gasteiger partial charge is 0.416 e. The van der Waals surface area contributed by atoms with Crippen LogP contribution in [0.5, 0.6) is 17.2 Å². The molecule has 1 fully saturated rings. The van der Waals surface area contributed by atoms with Gasteiger partial charge in [0.2, 0.25) is 5.75 Å². The molecular weight excluding hydrogens is 606 g/mol. The van der Waals surface area contributed by atoms with Gasteiger partial charge in [-0.2, -0.15) is 13.2 Å². The number of halogens is 5. The fraction of sp³-hybridized carbons (Fsp3) is 0.148. The second-order valence-corrected chi connectivity index (χ2v) is 9.46. The van der Waals surface area contributed by atoms with Gasteiger partial charge in [0.15, 0.2) is 11.5 Å². The number of nitro benzene ring substituents is 1. The molecular formula is C27H18Cl2F3N3O7. The lowest BCUT2D eigenvalue weighted by molar-refractivity contribution is -0.385. The molecule has 1 N–H and O–H groups in total. The molecule has 218 valence electrons.